The molecule has 0 atom stereocenters. The van der Waals surface area contributed by atoms with Crippen molar-refractivity contribution in [3.8, 4) is 0 Å². The van der Waals surface area contributed by atoms with Crippen LogP contribution in [0.15, 0.2) is 33.8 Å². The molecule has 1 aromatic carbocycles. The van der Waals surface area contributed by atoms with E-state index >= 15 is 0 Å². The summed E-state index contributed by atoms with van der Waals surface area (Å²) in [4.78, 5) is -0.0851. The van der Waals surface area contributed by atoms with Gasteiger partial charge in [-0.3, -0.25) is 11.6 Å². The molecule has 2 rings (SSSR count). The number of halogens is 1. The lowest BCUT2D eigenvalue weighted by Crippen LogP contribution is -2.47. The topological polar surface area (TPSA) is 133 Å². The van der Waals surface area contributed by atoms with Crippen molar-refractivity contribution in [1.29, 1.82) is 0 Å². The van der Waals surface area contributed by atoms with Crippen molar-refractivity contribution in [2.24, 2.45) is 0 Å². The number of aryl methyl sites for hydroxylation is 3. The van der Waals surface area contributed by atoms with Gasteiger partial charge >= 0.3 is 5.82 Å². The fraction of sp³-hybridized carbons (Fsp3) is 0.267. The van der Waals surface area contributed by atoms with Crippen LogP contribution in [0.25, 0.3) is 0 Å². The quantitative estimate of drug-likeness (QED) is 0.379. The van der Waals surface area contributed by atoms with Gasteiger partial charge < -0.3 is 9.66 Å². The van der Waals surface area contributed by atoms with Crippen LogP contribution in [0.4, 0.5) is 5.82 Å². The Kier molecular flexibility index (Phi) is 6.73. The molecule has 1 aromatic heterocycles. The number of benzene rings is 1. The Labute approximate surface area is 149 Å². The van der Waals surface area contributed by atoms with Crippen LogP contribution in [0.5, 0.6) is 0 Å². The molecule has 132 valence electrons. The summed E-state index contributed by atoms with van der Waals surface area (Å²) >= 11 is 3.22. The van der Waals surface area contributed by atoms with Crippen molar-refractivity contribution in [2.45, 2.75) is 32.3 Å². The van der Waals surface area contributed by atoms with Crippen LogP contribution >= 0.6 is 15.9 Å². The second kappa shape index (κ2) is 7.93. The molecule has 24 heavy (non-hydrogen) atoms. The largest absolute Gasteiger partial charge is 0.744 e. The first-order chi connectivity index (χ1) is 11.0. The molecule has 0 fully saturated rings. The minimum absolute atomic E-state index is 0.0851. The van der Waals surface area contributed by atoms with Crippen LogP contribution in [0.3, 0.4) is 0 Å². The molecular formula is C15H20BrN3O4S. The molecule has 0 aliphatic rings. The maximum Gasteiger partial charge on any atom is 0.301 e. The predicted octanol–water partition coefficient (Wildman–Crippen LogP) is 1.04. The second-order valence-corrected chi connectivity index (χ2v) is 7.55. The van der Waals surface area contributed by atoms with Crippen LogP contribution < -0.4 is 16.3 Å². The van der Waals surface area contributed by atoms with Gasteiger partial charge in [0.2, 0.25) is 0 Å². The third kappa shape index (κ3) is 5.17. The van der Waals surface area contributed by atoms with Gasteiger partial charge in [0, 0.05) is 0 Å². The standard InChI is InChI=1S/C9H12O3S.C6H8BrN3O/c1-6-4-7(2)9(8(3)5-6)13(10,11)12;7-5-1-4(3-11)6(8)10(9)2-5/h4-5H,1-3H3,(H,10,11,12);1-2,8,11H,3,9H2. The van der Waals surface area contributed by atoms with E-state index in [4.69, 9.17) is 16.7 Å². The van der Waals surface area contributed by atoms with Gasteiger partial charge in [0.15, 0.2) is 0 Å². The number of nitrogens with two attached hydrogens (primary N) is 2. The summed E-state index contributed by atoms with van der Waals surface area (Å²) in [5.41, 5.74) is 8.13. The summed E-state index contributed by atoms with van der Waals surface area (Å²) in [6.07, 6.45) is 1.62. The molecule has 0 unspecified atom stereocenters. The smallest absolute Gasteiger partial charge is 0.301 e. The maximum atomic E-state index is 10.8. The summed E-state index contributed by atoms with van der Waals surface area (Å²) in [7, 11) is -4.33. The van der Waals surface area contributed by atoms with Crippen molar-refractivity contribution in [2.75, 3.05) is 11.6 Å². The Balaban J connectivity index is 0.000000243. The van der Waals surface area contributed by atoms with Gasteiger partial charge in [0.1, 0.15) is 16.3 Å². The van der Waals surface area contributed by atoms with Gasteiger partial charge in [-0.2, -0.15) is 0 Å². The molecule has 1 heterocycles. The van der Waals surface area contributed by atoms with Gasteiger partial charge in [0.25, 0.3) is 0 Å². The van der Waals surface area contributed by atoms with Gasteiger partial charge in [-0.1, -0.05) is 17.7 Å². The van der Waals surface area contributed by atoms with Gasteiger partial charge in [-0.25, -0.2) is 8.42 Å². The molecule has 0 saturated carbocycles. The molecule has 0 aliphatic heterocycles. The zero-order valence-electron chi connectivity index (χ0n) is 13.6. The Morgan fingerprint density at radius 3 is 2.12 bits per heavy atom. The summed E-state index contributed by atoms with van der Waals surface area (Å²) in [6.45, 7) is 5.01. The number of rotatable bonds is 2. The van der Waals surface area contributed by atoms with Crippen LogP contribution in [0.2, 0.25) is 0 Å². The zero-order valence-corrected chi connectivity index (χ0v) is 16.0. The van der Waals surface area contributed by atoms with E-state index < -0.39 is 10.1 Å². The van der Waals surface area contributed by atoms with E-state index in [1.54, 1.807) is 38.2 Å². The third-order valence-electron chi connectivity index (χ3n) is 3.21. The fourth-order valence-electron chi connectivity index (χ4n) is 2.33. The van der Waals surface area contributed by atoms with E-state index in [1.807, 2.05) is 6.92 Å². The van der Waals surface area contributed by atoms with Gasteiger partial charge in [-0.15, -0.1) is 4.68 Å². The van der Waals surface area contributed by atoms with E-state index in [0.29, 0.717) is 22.5 Å². The van der Waals surface area contributed by atoms with Crippen molar-refractivity contribution >= 4 is 31.9 Å². The third-order valence-corrected chi connectivity index (χ3v) is 4.78. The average molecular weight is 418 g/mol. The number of hydrogen-bond acceptors (Lipinski definition) is 6. The Hall–Kier alpha value is -1.68. The number of nitrogens with zero attached hydrogens (tertiary/aromatic N) is 1. The van der Waals surface area contributed by atoms with E-state index in [2.05, 4.69) is 15.9 Å². The highest BCUT2D eigenvalue weighted by atomic mass is 79.9. The maximum absolute atomic E-state index is 10.8. The first kappa shape index (κ1) is 20.4. The number of aliphatic hydroxyl groups excluding tert-OH is 1. The highest BCUT2D eigenvalue weighted by molar-refractivity contribution is 9.10. The van der Waals surface area contributed by atoms with Gasteiger partial charge in [-0.05, 0) is 53.9 Å². The van der Waals surface area contributed by atoms with E-state index in [-0.39, 0.29) is 11.5 Å². The van der Waals surface area contributed by atoms with Crippen LogP contribution in [0.1, 0.15) is 22.3 Å². The molecule has 9 heteroatoms. The molecule has 0 bridgehead atoms. The molecule has 0 saturated heterocycles. The predicted molar refractivity (Wildman–Crippen MR) is 93.4 cm³/mol. The summed E-state index contributed by atoms with van der Waals surface area (Å²) in [6, 6.07) is 5.11. The molecule has 2 aromatic rings. The lowest BCUT2D eigenvalue weighted by atomic mass is 10.1. The molecule has 0 aliphatic carbocycles. The molecule has 7 nitrogen and oxygen atoms in total. The van der Waals surface area contributed by atoms with Crippen molar-refractivity contribution in [1.82, 2.24) is 0 Å². The van der Waals surface area contributed by atoms with Crippen LogP contribution in [0, 0.1) is 20.8 Å². The molecule has 0 amide bonds. The van der Waals surface area contributed by atoms with E-state index in [9.17, 15) is 13.0 Å². The highest BCUT2D eigenvalue weighted by Crippen LogP contribution is 2.20. The Morgan fingerprint density at radius 1 is 1.21 bits per heavy atom. The normalized spacial score (nSPS) is 10.9. The highest BCUT2D eigenvalue weighted by Gasteiger charge is 2.10. The van der Waals surface area contributed by atoms with Gasteiger partial charge in [0.05, 0.1) is 21.5 Å². The summed E-state index contributed by atoms with van der Waals surface area (Å²) < 4.78 is 34.5. The Morgan fingerprint density at radius 2 is 1.71 bits per heavy atom. The number of nitrogen functional groups attached to an aromatic ring is 2. The SMILES string of the molecule is Cc1cc(C)c(S(=O)(=O)[O-])c(C)c1.Nc1c(CO)cc(Br)c[n+]1N. The lowest BCUT2D eigenvalue weighted by molar-refractivity contribution is -0.624. The summed E-state index contributed by atoms with van der Waals surface area (Å²) in [5, 5.41) is 8.80. The van der Waals surface area contributed by atoms with Crippen molar-refractivity contribution in [3.63, 3.8) is 0 Å². The van der Waals surface area contributed by atoms with Crippen LogP contribution in [-0.2, 0) is 16.7 Å². The fourth-order valence-corrected chi connectivity index (χ4v) is 3.74. The number of hydrogen-bond donors (Lipinski definition) is 3. The number of pyridine rings is 1. The molecule has 0 spiro atoms. The summed E-state index contributed by atoms with van der Waals surface area (Å²) in [5.74, 6) is 5.82. The number of aromatic nitrogens is 1. The monoisotopic (exact) mass is 417 g/mol. The van der Waals surface area contributed by atoms with E-state index in [0.717, 1.165) is 10.0 Å². The second-order valence-electron chi connectivity index (χ2n) is 5.32. The number of anilines is 1. The molecular weight excluding hydrogens is 398 g/mol. The number of aliphatic hydroxyl groups is 1. The minimum atomic E-state index is -4.33. The lowest BCUT2D eigenvalue weighted by Gasteiger charge is -2.14. The molecule has 0 radical (unpaired) electrons. The molecule has 5 N–H and O–H groups in total. The van der Waals surface area contributed by atoms with Crippen LogP contribution in [-0.4, -0.2) is 18.1 Å². The van der Waals surface area contributed by atoms with Crippen molar-refractivity contribution < 1.29 is 22.8 Å². The van der Waals surface area contributed by atoms with E-state index in [1.165, 1.54) is 4.68 Å². The minimum Gasteiger partial charge on any atom is -0.744 e. The first-order valence-corrected chi connectivity index (χ1v) is 9.06. The average Bonchev–Trinajstić information content (AvgIpc) is 2.40. The zero-order chi connectivity index (χ0) is 18.7. The van der Waals surface area contributed by atoms with Crippen molar-refractivity contribution in [3.05, 3.63) is 51.1 Å². The first-order valence-electron chi connectivity index (χ1n) is 6.86. The Bertz CT molecular complexity index is 831.